The molecule has 1 saturated heterocycles. The van der Waals surface area contributed by atoms with Crippen LogP contribution >= 0.6 is 11.6 Å². The van der Waals surface area contributed by atoms with Crippen molar-refractivity contribution in [3.63, 3.8) is 0 Å². The average Bonchev–Trinajstić information content (AvgIpc) is 2.98. The zero-order valence-electron chi connectivity index (χ0n) is 12.2. The highest BCUT2D eigenvalue weighted by Crippen LogP contribution is 2.23. The van der Waals surface area contributed by atoms with E-state index >= 15 is 0 Å². The standard InChI is InChI=1S/C15H22ClN3O/c1-3-17-15(19-8-4-5-9-19)18-11-12-6-7-13(16)10-14(12)20-2/h6-7,10H,3-5,8-9,11H2,1-2H3,(H,17,18). The Balaban J connectivity index is 2.12. The Hall–Kier alpha value is -1.42. The summed E-state index contributed by atoms with van der Waals surface area (Å²) in [5.74, 6) is 1.78. The molecule has 0 unspecified atom stereocenters. The molecule has 1 heterocycles. The molecule has 1 aromatic rings. The number of halogens is 1. The number of methoxy groups -OCH3 is 1. The predicted octanol–water partition coefficient (Wildman–Crippen LogP) is 2.91. The first-order valence-electron chi connectivity index (χ1n) is 7.10. The minimum atomic E-state index is 0.596. The molecule has 5 heteroatoms. The van der Waals surface area contributed by atoms with Crippen LogP contribution in [0.1, 0.15) is 25.3 Å². The average molecular weight is 296 g/mol. The summed E-state index contributed by atoms with van der Waals surface area (Å²) in [7, 11) is 1.66. The van der Waals surface area contributed by atoms with Gasteiger partial charge >= 0.3 is 0 Å². The van der Waals surface area contributed by atoms with Crippen LogP contribution in [0.2, 0.25) is 5.02 Å². The molecule has 0 aromatic heterocycles. The molecule has 0 aliphatic carbocycles. The molecular formula is C15H22ClN3O. The minimum Gasteiger partial charge on any atom is -0.496 e. The summed E-state index contributed by atoms with van der Waals surface area (Å²) < 4.78 is 5.36. The van der Waals surface area contributed by atoms with Crippen molar-refractivity contribution < 1.29 is 4.74 Å². The Morgan fingerprint density at radius 1 is 1.40 bits per heavy atom. The molecule has 1 aliphatic rings. The van der Waals surface area contributed by atoms with Gasteiger partial charge < -0.3 is 15.0 Å². The number of benzene rings is 1. The Bertz CT molecular complexity index is 470. The van der Waals surface area contributed by atoms with E-state index in [1.807, 2.05) is 18.2 Å². The van der Waals surface area contributed by atoms with Gasteiger partial charge in [-0.3, -0.25) is 0 Å². The second kappa shape index (κ2) is 7.39. The molecule has 1 N–H and O–H groups in total. The smallest absolute Gasteiger partial charge is 0.194 e. The van der Waals surface area contributed by atoms with Crippen LogP contribution in [0.25, 0.3) is 0 Å². The van der Waals surface area contributed by atoms with Crippen molar-refractivity contribution in [1.29, 1.82) is 0 Å². The molecule has 20 heavy (non-hydrogen) atoms. The molecule has 4 nitrogen and oxygen atoms in total. The van der Waals surface area contributed by atoms with Gasteiger partial charge in [0.25, 0.3) is 0 Å². The van der Waals surface area contributed by atoms with Gasteiger partial charge in [0, 0.05) is 30.2 Å². The summed E-state index contributed by atoms with van der Waals surface area (Å²) >= 11 is 5.98. The van der Waals surface area contributed by atoms with Crippen molar-refractivity contribution in [3.05, 3.63) is 28.8 Å². The van der Waals surface area contributed by atoms with Gasteiger partial charge in [-0.2, -0.15) is 0 Å². The normalized spacial score (nSPS) is 15.6. The molecular weight excluding hydrogens is 274 g/mol. The lowest BCUT2D eigenvalue weighted by Gasteiger charge is -2.20. The van der Waals surface area contributed by atoms with Crippen molar-refractivity contribution >= 4 is 17.6 Å². The van der Waals surface area contributed by atoms with Crippen molar-refractivity contribution in [1.82, 2.24) is 10.2 Å². The van der Waals surface area contributed by atoms with E-state index in [1.165, 1.54) is 12.8 Å². The lowest BCUT2D eigenvalue weighted by atomic mass is 10.2. The van der Waals surface area contributed by atoms with Crippen molar-refractivity contribution in [2.45, 2.75) is 26.3 Å². The lowest BCUT2D eigenvalue weighted by Crippen LogP contribution is -2.39. The molecule has 0 atom stereocenters. The third-order valence-electron chi connectivity index (χ3n) is 3.39. The molecule has 1 aliphatic heterocycles. The van der Waals surface area contributed by atoms with E-state index in [9.17, 15) is 0 Å². The highest BCUT2D eigenvalue weighted by Gasteiger charge is 2.15. The topological polar surface area (TPSA) is 36.9 Å². The van der Waals surface area contributed by atoms with Crippen LogP contribution in [-0.4, -0.2) is 37.6 Å². The number of hydrogen-bond acceptors (Lipinski definition) is 2. The molecule has 0 radical (unpaired) electrons. The Morgan fingerprint density at radius 2 is 2.15 bits per heavy atom. The number of hydrogen-bond donors (Lipinski definition) is 1. The minimum absolute atomic E-state index is 0.596. The maximum absolute atomic E-state index is 5.98. The molecule has 0 amide bonds. The first-order valence-corrected chi connectivity index (χ1v) is 7.48. The lowest BCUT2D eigenvalue weighted by molar-refractivity contribution is 0.409. The third kappa shape index (κ3) is 3.79. The van der Waals surface area contributed by atoms with Crippen LogP contribution in [-0.2, 0) is 6.54 Å². The summed E-state index contributed by atoms with van der Waals surface area (Å²) in [5.41, 5.74) is 1.05. The van der Waals surface area contributed by atoms with E-state index in [0.717, 1.165) is 36.9 Å². The van der Waals surface area contributed by atoms with Gasteiger partial charge in [0.15, 0.2) is 5.96 Å². The van der Waals surface area contributed by atoms with Gasteiger partial charge in [-0.15, -0.1) is 0 Å². The van der Waals surface area contributed by atoms with Crippen molar-refractivity contribution in [2.75, 3.05) is 26.7 Å². The fourth-order valence-corrected chi connectivity index (χ4v) is 2.53. The van der Waals surface area contributed by atoms with E-state index in [4.69, 9.17) is 21.3 Å². The fraction of sp³-hybridized carbons (Fsp3) is 0.533. The zero-order chi connectivity index (χ0) is 14.4. The Morgan fingerprint density at radius 3 is 2.80 bits per heavy atom. The summed E-state index contributed by atoms with van der Waals surface area (Å²) in [6.07, 6.45) is 2.49. The van der Waals surface area contributed by atoms with Gasteiger partial charge in [-0.05, 0) is 31.9 Å². The van der Waals surface area contributed by atoms with Gasteiger partial charge in [-0.25, -0.2) is 4.99 Å². The fourth-order valence-electron chi connectivity index (χ4n) is 2.36. The molecule has 0 spiro atoms. The molecule has 0 saturated carbocycles. The number of nitrogens with one attached hydrogen (secondary N) is 1. The number of likely N-dealkylation sites (tertiary alicyclic amines) is 1. The van der Waals surface area contributed by atoms with Crippen molar-refractivity contribution in [3.8, 4) is 5.75 Å². The number of guanidine groups is 1. The van der Waals surface area contributed by atoms with Crippen LogP contribution in [0.15, 0.2) is 23.2 Å². The number of ether oxygens (including phenoxy) is 1. The van der Waals surface area contributed by atoms with Gasteiger partial charge in [0.2, 0.25) is 0 Å². The third-order valence-corrected chi connectivity index (χ3v) is 3.62. The molecule has 1 aromatic carbocycles. The Kier molecular flexibility index (Phi) is 5.53. The molecule has 2 rings (SSSR count). The largest absolute Gasteiger partial charge is 0.496 e. The number of rotatable bonds is 4. The number of aliphatic imine (C=N–C) groups is 1. The van der Waals surface area contributed by atoms with Crippen LogP contribution in [0.5, 0.6) is 5.75 Å². The highest BCUT2D eigenvalue weighted by molar-refractivity contribution is 6.30. The summed E-state index contributed by atoms with van der Waals surface area (Å²) in [4.78, 5) is 7.02. The van der Waals surface area contributed by atoms with Gasteiger partial charge in [0.1, 0.15) is 5.75 Å². The first kappa shape index (κ1) is 15.0. The van der Waals surface area contributed by atoms with Crippen LogP contribution in [0, 0.1) is 0 Å². The van der Waals surface area contributed by atoms with E-state index in [2.05, 4.69) is 17.1 Å². The van der Waals surface area contributed by atoms with Crippen LogP contribution in [0.3, 0.4) is 0 Å². The quantitative estimate of drug-likeness (QED) is 0.685. The van der Waals surface area contributed by atoms with Crippen LogP contribution in [0.4, 0.5) is 0 Å². The SMILES string of the molecule is CCNC(=NCc1ccc(Cl)cc1OC)N1CCCC1. The zero-order valence-corrected chi connectivity index (χ0v) is 12.9. The van der Waals surface area contributed by atoms with E-state index in [0.29, 0.717) is 11.6 Å². The summed E-state index contributed by atoms with van der Waals surface area (Å²) in [5, 5.41) is 4.03. The van der Waals surface area contributed by atoms with Crippen LogP contribution < -0.4 is 10.1 Å². The van der Waals surface area contributed by atoms with E-state index < -0.39 is 0 Å². The molecule has 0 bridgehead atoms. The maximum Gasteiger partial charge on any atom is 0.194 e. The van der Waals surface area contributed by atoms with Gasteiger partial charge in [-0.1, -0.05) is 17.7 Å². The summed E-state index contributed by atoms with van der Waals surface area (Å²) in [6.45, 7) is 5.74. The number of nitrogens with zero attached hydrogens (tertiary/aromatic N) is 2. The Labute approximate surface area is 125 Å². The monoisotopic (exact) mass is 295 g/mol. The van der Waals surface area contributed by atoms with E-state index in [1.54, 1.807) is 7.11 Å². The first-order chi connectivity index (χ1) is 9.74. The predicted molar refractivity (Wildman–Crippen MR) is 83.6 cm³/mol. The van der Waals surface area contributed by atoms with Gasteiger partial charge in [0.05, 0.1) is 13.7 Å². The van der Waals surface area contributed by atoms with E-state index in [-0.39, 0.29) is 0 Å². The molecule has 110 valence electrons. The second-order valence-electron chi connectivity index (χ2n) is 4.82. The second-order valence-corrected chi connectivity index (χ2v) is 5.26. The van der Waals surface area contributed by atoms with Crippen molar-refractivity contribution in [2.24, 2.45) is 4.99 Å². The molecule has 1 fully saturated rings. The summed E-state index contributed by atoms with van der Waals surface area (Å²) in [6, 6.07) is 5.67. The maximum atomic E-state index is 5.98. The highest BCUT2D eigenvalue weighted by atomic mass is 35.5.